The first kappa shape index (κ1) is 15.1. The minimum Gasteiger partial charge on any atom is -0.465 e. The summed E-state index contributed by atoms with van der Waals surface area (Å²) in [6.45, 7) is 0. The van der Waals surface area contributed by atoms with E-state index in [-0.39, 0.29) is 0 Å². The highest BCUT2D eigenvalue weighted by Gasteiger charge is 2.16. The highest BCUT2D eigenvalue weighted by Crippen LogP contribution is 2.28. The molecule has 0 N–H and O–H groups in total. The number of nitrogens with zero attached hydrogens (tertiary/aromatic N) is 2. The van der Waals surface area contributed by atoms with E-state index >= 15 is 0 Å². The topological polar surface area (TPSA) is 65.2 Å². The standard InChI is InChI=1S/C20H14N2O3/c1-24-20(23)15-5-4-7-17-18(15)25-19(22-17)14-10-8-13(9-11-14)16-6-2-3-12-21-16/h2-12H,1H3. The minimum atomic E-state index is -0.446. The molecular weight excluding hydrogens is 316 g/mol. The van der Waals surface area contributed by atoms with E-state index in [2.05, 4.69) is 9.97 Å². The molecule has 0 aliphatic heterocycles. The third kappa shape index (κ3) is 2.76. The molecular formula is C20H14N2O3. The maximum absolute atomic E-state index is 11.9. The van der Waals surface area contributed by atoms with Crippen molar-refractivity contribution in [2.75, 3.05) is 7.11 Å². The van der Waals surface area contributed by atoms with Crippen LogP contribution in [0.25, 0.3) is 33.8 Å². The number of hydrogen-bond acceptors (Lipinski definition) is 5. The van der Waals surface area contributed by atoms with Gasteiger partial charge in [0.15, 0.2) is 5.58 Å². The molecule has 0 radical (unpaired) electrons. The minimum absolute atomic E-state index is 0.365. The molecule has 0 spiro atoms. The Morgan fingerprint density at radius 2 is 1.76 bits per heavy atom. The second-order valence-corrected chi connectivity index (χ2v) is 5.46. The zero-order valence-corrected chi connectivity index (χ0v) is 13.5. The van der Waals surface area contributed by atoms with Gasteiger partial charge < -0.3 is 9.15 Å². The van der Waals surface area contributed by atoms with Crippen molar-refractivity contribution >= 4 is 17.1 Å². The molecule has 0 aliphatic rings. The Morgan fingerprint density at radius 1 is 0.960 bits per heavy atom. The molecule has 5 nitrogen and oxygen atoms in total. The van der Waals surface area contributed by atoms with Crippen LogP contribution in [0, 0.1) is 0 Å². The largest absolute Gasteiger partial charge is 0.465 e. The molecule has 2 heterocycles. The van der Waals surface area contributed by atoms with E-state index < -0.39 is 5.97 Å². The van der Waals surface area contributed by atoms with Gasteiger partial charge in [0, 0.05) is 17.3 Å². The van der Waals surface area contributed by atoms with Crippen molar-refractivity contribution in [3.63, 3.8) is 0 Å². The number of oxazole rings is 1. The van der Waals surface area contributed by atoms with Gasteiger partial charge >= 0.3 is 5.97 Å². The second-order valence-electron chi connectivity index (χ2n) is 5.46. The van der Waals surface area contributed by atoms with Crippen LogP contribution in [-0.2, 0) is 4.74 Å². The number of esters is 1. The van der Waals surface area contributed by atoms with Gasteiger partial charge in [0.1, 0.15) is 11.1 Å². The fraction of sp³-hybridized carbons (Fsp3) is 0.0500. The molecule has 0 atom stereocenters. The Labute approximate surface area is 143 Å². The third-order valence-corrected chi connectivity index (χ3v) is 3.91. The van der Waals surface area contributed by atoms with Gasteiger partial charge in [-0.1, -0.05) is 24.3 Å². The summed E-state index contributed by atoms with van der Waals surface area (Å²) in [5.74, 6) is 0.0118. The maximum Gasteiger partial charge on any atom is 0.341 e. The molecule has 5 heteroatoms. The van der Waals surface area contributed by atoms with Crippen molar-refractivity contribution in [2.24, 2.45) is 0 Å². The summed E-state index contributed by atoms with van der Waals surface area (Å²) in [6, 6.07) is 18.8. The highest BCUT2D eigenvalue weighted by atomic mass is 16.5. The molecule has 2 aromatic heterocycles. The van der Waals surface area contributed by atoms with Crippen LogP contribution in [0.4, 0.5) is 0 Å². The molecule has 0 aliphatic carbocycles. The predicted molar refractivity (Wildman–Crippen MR) is 94.0 cm³/mol. The van der Waals surface area contributed by atoms with Crippen LogP contribution >= 0.6 is 0 Å². The van der Waals surface area contributed by atoms with E-state index in [9.17, 15) is 4.79 Å². The molecule has 0 saturated carbocycles. The van der Waals surface area contributed by atoms with Crippen LogP contribution in [-0.4, -0.2) is 23.0 Å². The molecule has 0 amide bonds. The molecule has 2 aromatic carbocycles. The summed E-state index contributed by atoms with van der Waals surface area (Å²) in [5.41, 5.74) is 4.15. The number of hydrogen-bond donors (Lipinski definition) is 0. The van der Waals surface area contributed by atoms with Gasteiger partial charge in [-0.15, -0.1) is 0 Å². The molecule has 25 heavy (non-hydrogen) atoms. The Kier molecular flexibility index (Phi) is 3.74. The number of carbonyl (C=O) groups is 1. The Hall–Kier alpha value is -3.47. The predicted octanol–water partition coefficient (Wildman–Crippen LogP) is 4.34. The van der Waals surface area contributed by atoms with Crippen LogP contribution in [0.5, 0.6) is 0 Å². The first-order valence-electron chi connectivity index (χ1n) is 7.76. The Balaban J connectivity index is 1.74. The third-order valence-electron chi connectivity index (χ3n) is 3.91. The van der Waals surface area contributed by atoms with E-state index in [0.717, 1.165) is 16.8 Å². The molecule has 0 saturated heterocycles. The van der Waals surface area contributed by atoms with Gasteiger partial charge in [-0.2, -0.15) is 0 Å². The Morgan fingerprint density at radius 3 is 2.48 bits per heavy atom. The van der Waals surface area contributed by atoms with E-state index in [1.54, 1.807) is 24.4 Å². The van der Waals surface area contributed by atoms with Crippen LogP contribution in [0.2, 0.25) is 0 Å². The lowest BCUT2D eigenvalue weighted by Crippen LogP contribution is -2.00. The summed E-state index contributed by atoms with van der Waals surface area (Å²) in [6.07, 6.45) is 1.76. The number of rotatable bonds is 3. The number of benzene rings is 2. The summed E-state index contributed by atoms with van der Waals surface area (Å²) in [5, 5.41) is 0. The lowest BCUT2D eigenvalue weighted by Gasteiger charge is -2.01. The normalized spacial score (nSPS) is 10.8. The van der Waals surface area contributed by atoms with E-state index in [0.29, 0.717) is 22.6 Å². The van der Waals surface area contributed by atoms with E-state index in [4.69, 9.17) is 9.15 Å². The van der Waals surface area contributed by atoms with Crippen LogP contribution in [0.3, 0.4) is 0 Å². The van der Waals surface area contributed by atoms with E-state index in [1.165, 1.54) is 7.11 Å². The van der Waals surface area contributed by atoms with Gasteiger partial charge in [0.25, 0.3) is 0 Å². The van der Waals surface area contributed by atoms with Crippen molar-refractivity contribution < 1.29 is 13.9 Å². The molecule has 0 unspecified atom stereocenters. The van der Waals surface area contributed by atoms with Crippen LogP contribution < -0.4 is 0 Å². The van der Waals surface area contributed by atoms with Gasteiger partial charge in [0.05, 0.1) is 12.8 Å². The van der Waals surface area contributed by atoms with Crippen LogP contribution in [0.1, 0.15) is 10.4 Å². The van der Waals surface area contributed by atoms with Gasteiger partial charge in [-0.05, 0) is 36.4 Å². The lowest BCUT2D eigenvalue weighted by atomic mass is 10.1. The van der Waals surface area contributed by atoms with Crippen molar-refractivity contribution in [1.82, 2.24) is 9.97 Å². The molecule has 0 bridgehead atoms. The quantitative estimate of drug-likeness (QED) is 0.523. The smallest absolute Gasteiger partial charge is 0.341 e. The fourth-order valence-corrected chi connectivity index (χ4v) is 2.66. The van der Waals surface area contributed by atoms with Gasteiger partial charge in [0.2, 0.25) is 5.89 Å². The monoisotopic (exact) mass is 330 g/mol. The SMILES string of the molecule is COC(=O)c1cccc2nc(-c3ccc(-c4ccccn4)cc3)oc12. The number of ether oxygens (including phenoxy) is 1. The molecule has 4 aromatic rings. The van der Waals surface area contributed by atoms with Gasteiger partial charge in [-0.3, -0.25) is 4.98 Å². The number of fused-ring (bicyclic) bond motifs is 1. The zero-order chi connectivity index (χ0) is 17.2. The average Bonchev–Trinajstić information content (AvgIpc) is 3.12. The molecule has 4 rings (SSSR count). The van der Waals surface area contributed by atoms with Crippen molar-refractivity contribution in [3.05, 3.63) is 72.4 Å². The van der Waals surface area contributed by atoms with Gasteiger partial charge in [-0.25, -0.2) is 9.78 Å². The average molecular weight is 330 g/mol. The van der Waals surface area contributed by atoms with Crippen molar-refractivity contribution in [3.8, 4) is 22.7 Å². The number of pyridine rings is 1. The van der Waals surface area contributed by atoms with E-state index in [1.807, 2.05) is 42.5 Å². The fourth-order valence-electron chi connectivity index (χ4n) is 2.66. The number of methoxy groups -OCH3 is 1. The summed E-state index contributed by atoms with van der Waals surface area (Å²) >= 11 is 0. The highest BCUT2D eigenvalue weighted by molar-refractivity contribution is 6.01. The maximum atomic E-state index is 11.9. The summed E-state index contributed by atoms with van der Waals surface area (Å²) < 4.78 is 10.6. The summed E-state index contributed by atoms with van der Waals surface area (Å²) in [4.78, 5) is 20.7. The number of aromatic nitrogens is 2. The van der Waals surface area contributed by atoms with Crippen molar-refractivity contribution in [2.45, 2.75) is 0 Å². The van der Waals surface area contributed by atoms with Crippen LogP contribution in [0.15, 0.2) is 71.3 Å². The Bertz CT molecular complexity index is 1040. The zero-order valence-electron chi connectivity index (χ0n) is 13.5. The molecule has 122 valence electrons. The van der Waals surface area contributed by atoms with Crippen molar-refractivity contribution in [1.29, 1.82) is 0 Å². The number of para-hydroxylation sites is 1. The summed E-state index contributed by atoms with van der Waals surface area (Å²) in [7, 11) is 1.34. The first-order valence-corrected chi connectivity index (χ1v) is 7.76. The first-order chi connectivity index (χ1) is 12.3. The lowest BCUT2D eigenvalue weighted by molar-refractivity contribution is 0.0602. The number of carbonyl (C=O) groups excluding carboxylic acids is 1. The second kappa shape index (κ2) is 6.20. The molecule has 0 fully saturated rings.